The van der Waals surface area contributed by atoms with Crippen LogP contribution in [-0.2, 0) is 12.8 Å². The van der Waals surface area contributed by atoms with E-state index in [2.05, 4.69) is 21.4 Å². The van der Waals surface area contributed by atoms with E-state index in [0.29, 0.717) is 24.3 Å². The van der Waals surface area contributed by atoms with Gasteiger partial charge >= 0.3 is 0 Å². The molecule has 4 aromatic rings. The Balaban J connectivity index is 1.31. The fourth-order valence-corrected chi connectivity index (χ4v) is 5.17. The van der Waals surface area contributed by atoms with Gasteiger partial charge in [0.15, 0.2) is 17.1 Å². The molecule has 3 heterocycles. The number of aromatic nitrogens is 3. The third-order valence-electron chi connectivity index (χ3n) is 7.06. The predicted octanol–water partition coefficient (Wildman–Crippen LogP) is 5.14. The zero-order valence-electron chi connectivity index (χ0n) is 20.2. The molecule has 0 spiro atoms. The van der Waals surface area contributed by atoms with Crippen molar-refractivity contribution < 1.29 is 14.2 Å². The van der Waals surface area contributed by atoms with E-state index in [0.717, 1.165) is 60.5 Å². The topological polar surface area (TPSA) is 63.4 Å². The van der Waals surface area contributed by atoms with Crippen LogP contribution in [0.4, 0.5) is 4.39 Å². The zero-order valence-corrected chi connectivity index (χ0v) is 20.2. The Morgan fingerprint density at radius 2 is 1.83 bits per heavy atom. The molecule has 5 rings (SSSR count). The smallest absolute Gasteiger partial charge is 0.160 e. The van der Waals surface area contributed by atoms with Crippen LogP contribution in [0.2, 0.25) is 0 Å². The van der Waals surface area contributed by atoms with Crippen molar-refractivity contribution in [3.8, 4) is 11.5 Å². The lowest BCUT2D eigenvalue weighted by molar-refractivity contribution is 0.143. The lowest BCUT2D eigenvalue weighted by Crippen LogP contribution is -2.41. The molecule has 0 radical (unpaired) electrons. The number of fused-ring (bicyclic) bond motifs is 1. The normalized spacial score (nSPS) is 16.0. The van der Waals surface area contributed by atoms with Gasteiger partial charge in [-0.3, -0.25) is 0 Å². The SMILES string of the molecule is COc1cc(C[C@H](C)N2CCC(n3c(Cc4ccc(F)cc4)nc4cccnc43)CC2)ccc1O. The van der Waals surface area contributed by atoms with Gasteiger partial charge in [-0.25, -0.2) is 14.4 Å². The molecular weight excluding hydrogens is 443 g/mol. The lowest BCUT2D eigenvalue weighted by atomic mass is 9.99. The van der Waals surface area contributed by atoms with Crippen LogP contribution in [0.15, 0.2) is 60.8 Å². The van der Waals surface area contributed by atoms with Gasteiger partial charge in [-0.2, -0.15) is 0 Å². The number of benzene rings is 2. The van der Waals surface area contributed by atoms with Crippen molar-refractivity contribution in [2.75, 3.05) is 20.2 Å². The first-order chi connectivity index (χ1) is 17.0. The number of pyridine rings is 1. The van der Waals surface area contributed by atoms with Crippen LogP contribution in [0.5, 0.6) is 11.5 Å². The number of phenols is 1. The summed E-state index contributed by atoms with van der Waals surface area (Å²) in [7, 11) is 1.58. The molecule has 2 aromatic heterocycles. The number of piperidine rings is 1. The molecule has 0 saturated carbocycles. The van der Waals surface area contributed by atoms with Crippen molar-refractivity contribution in [1.82, 2.24) is 19.4 Å². The number of hydrogen-bond acceptors (Lipinski definition) is 5. The van der Waals surface area contributed by atoms with Crippen LogP contribution >= 0.6 is 0 Å². The highest BCUT2D eigenvalue weighted by Gasteiger charge is 2.27. The number of ether oxygens (including phenoxy) is 1. The van der Waals surface area contributed by atoms with Crippen molar-refractivity contribution in [3.05, 3.63) is 83.6 Å². The summed E-state index contributed by atoms with van der Waals surface area (Å²) in [4.78, 5) is 12.1. The summed E-state index contributed by atoms with van der Waals surface area (Å²) in [6.45, 7) is 4.24. The number of hydrogen-bond donors (Lipinski definition) is 1. The van der Waals surface area contributed by atoms with Crippen LogP contribution < -0.4 is 4.74 Å². The lowest BCUT2D eigenvalue weighted by Gasteiger charge is -2.37. The molecule has 2 aromatic carbocycles. The third-order valence-corrected chi connectivity index (χ3v) is 7.06. The van der Waals surface area contributed by atoms with Crippen molar-refractivity contribution >= 4 is 11.2 Å². The molecule has 1 N–H and O–H groups in total. The molecule has 1 fully saturated rings. The summed E-state index contributed by atoms with van der Waals surface area (Å²) in [5, 5.41) is 9.88. The van der Waals surface area contributed by atoms with Crippen molar-refractivity contribution in [2.45, 2.75) is 44.7 Å². The summed E-state index contributed by atoms with van der Waals surface area (Å²) < 4.78 is 21.0. The molecule has 35 heavy (non-hydrogen) atoms. The van der Waals surface area contributed by atoms with Crippen molar-refractivity contribution in [2.24, 2.45) is 0 Å². The Morgan fingerprint density at radius 1 is 1.09 bits per heavy atom. The highest BCUT2D eigenvalue weighted by molar-refractivity contribution is 5.71. The maximum atomic E-state index is 13.4. The van der Waals surface area contributed by atoms with E-state index in [1.54, 1.807) is 13.2 Å². The van der Waals surface area contributed by atoms with E-state index in [4.69, 9.17) is 9.72 Å². The average Bonchev–Trinajstić information content (AvgIpc) is 3.24. The van der Waals surface area contributed by atoms with Gasteiger partial charge in [-0.05, 0) is 73.7 Å². The standard InChI is InChI=1S/C28H31FN4O2/c1-19(16-21-7-10-25(34)26(17-21)35-2)32-14-11-23(12-15-32)33-27(18-20-5-8-22(29)9-6-20)31-24-4-3-13-30-28(24)33/h3-10,13,17,19,23,34H,11-12,14-16,18H2,1-2H3/t19-/m0/s1. The first kappa shape index (κ1) is 23.3. The minimum absolute atomic E-state index is 0.169. The largest absolute Gasteiger partial charge is 0.504 e. The van der Waals surface area contributed by atoms with E-state index in [9.17, 15) is 9.50 Å². The summed E-state index contributed by atoms with van der Waals surface area (Å²) in [5.41, 5.74) is 4.02. The number of phenolic OH excluding ortho intramolecular Hbond substituents is 1. The molecule has 6 nitrogen and oxygen atoms in total. The van der Waals surface area contributed by atoms with E-state index >= 15 is 0 Å². The van der Waals surface area contributed by atoms with Crippen LogP contribution in [0.1, 0.15) is 42.8 Å². The average molecular weight is 475 g/mol. The van der Waals surface area contributed by atoms with Crippen molar-refractivity contribution in [1.29, 1.82) is 0 Å². The van der Waals surface area contributed by atoms with E-state index in [1.165, 1.54) is 12.1 Å². The van der Waals surface area contributed by atoms with E-state index in [-0.39, 0.29) is 11.6 Å². The maximum absolute atomic E-state index is 13.4. The molecule has 0 bridgehead atoms. The summed E-state index contributed by atoms with van der Waals surface area (Å²) in [5.74, 6) is 1.44. The monoisotopic (exact) mass is 474 g/mol. The first-order valence-corrected chi connectivity index (χ1v) is 12.2. The summed E-state index contributed by atoms with van der Waals surface area (Å²) in [6, 6.07) is 16.9. The molecule has 1 saturated heterocycles. The number of likely N-dealkylation sites (tertiary alicyclic amines) is 1. The van der Waals surface area contributed by atoms with Crippen LogP contribution in [0.3, 0.4) is 0 Å². The van der Waals surface area contributed by atoms with Crippen LogP contribution in [0.25, 0.3) is 11.2 Å². The van der Waals surface area contributed by atoms with Gasteiger partial charge < -0.3 is 19.3 Å². The minimum Gasteiger partial charge on any atom is -0.504 e. The first-order valence-electron chi connectivity index (χ1n) is 12.2. The molecule has 7 heteroatoms. The van der Waals surface area contributed by atoms with Gasteiger partial charge in [-0.15, -0.1) is 0 Å². The van der Waals surface area contributed by atoms with Crippen LogP contribution in [-0.4, -0.2) is 50.8 Å². The molecule has 0 amide bonds. The molecule has 182 valence electrons. The highest BCUT2D eigenvalue weighted by atomic mass is 19.1. The number of halogens is 1. The van der Waals surface area contributed by atoms with Gasteiger partial charge in [0.05, 0.1) is 7.11 Å². The number of nitrogens with zero attached hydrogens (tertiary/aromatic N) is 4. The molecule has 0 aliphatic carbocycles. The van der Waals surface area contributed by atoms with E-state index < -0.39 is 0 Å². The highest BCUT2D eigenvalue weighted by Crippen LogP contribution is 2.31. The number of rotatable bonds is 7. The van der Waals surface area contributed by atoms with Crippen molar-refractivity contribution in [3.63, 3.8) is 0 Å². The maximum Gasteiger partial charge on any atom is 0.160 e. The second-order valence-electron chi connectivity index (χ2n) is 9.37. The Hall–Kier alpha value is -3.45. The van der Waals surface area contributed by atoms with Gasteiger partial charge in [0.1, 0.15) is 17.2 Å². The summed E-state index contributed by atoms with van der Waals surface area (Å²) >= 11 is 0. The Labute approximate surface area is 205 Å². The Bertz CT molecular complexity index is 1300. The fraction of sp³-hybridized carbons (Fsp3) is 0.357. The molecule has 1 aliphatic heterocycles. The fourth-order valence-electron chi connectivity index (χ4n) is 5.17. The Kier molecular flexibility index (Phi) is 6.68. The molecular formula is C28H31FN4O2. The van der Waals surface area contributed by atoms with Gasteiger partial charge in [0.25, 0.3) is 0 Å². The van der Waals surface area contributed by atoms with Gasteiger partial charge in [0, 0.05) is 37.8 Å². The van der Waals surface area contributed by atoms with Crippen LogP contribution in [0, 0.1) is 5.82 Å². The number of imidazole rings is 1. The van der Waals surface area contributed by atoms with E-state index in [1.807, 2.05) is 42.6 Å². The molecule has 0 unspecified atom stereocenters. The van der Waals surface area contributed by atoms with Gasteiger partial charge in [0.2, 0.25) is 0 Å². The molecule has 1 aliphatic rings. The predicted molar refractivity (Wildman–Crippen MR) is 134 cm³/mol. The third kappa shape index (κ3) is 5.00. The minimum atomic E-state index is -0.226. The zero-order chi connectivity index (χ0) is 24.4. The summed E-state index contributed by atoms with van der Waals surface area (Å²) in [6.07, 6.45) is 5.40. The van der Waals surface area contributed by atoms with Gasteiger partial charge in [-0.1, -0.05) is 18.2 Å². The molecule has 1 atom stereocenters. The number of methoxy groups -OCH3 is 1. The number of aromatic hydroxyl groups is 1. The second-order valence-corrected chi connectivity index (χ2v) is 9.37. The Morgan fingerprint density at radius 3 is 2.57 bits per heavy atom. The quantitative estimate of drug-likeness (QED) is 0.402. The second kappa shape index (κ2) is 10.0.